The largest absolute Gasteiger partial charge is 0.454 e. The van der Waals surface area contributed by atoms with E-state index in [0.717, 1.165) is 27.8 Å². The van der Waals surface area contributed by atoms with Crippen molar-refractivity contribution in [2.45, 2.75) is 43.9 Å². The third-order valence-electron chi connectivity index (χ3n) is 9.50. The maximum absolute atomic E-state index is 13.6. The Kier molecular flexibility index (Phi) is 12.1. The van der Waals surface area contributed by atoms with E-state index in [-0.39, 0.29) is 63.3 Å². The molecule has 4 aromatic carbocycles. The fourth-order valence-corrected chi connectivity index (χ4v) is 6.78. The second kappa shape index (κ2) is 17.5. The average molecular weight is 702 g/mol. The minimum atomic E-state index is -1.07. The number of carbonyl (C=O) groups excluding carboxylic acids is 4. The molecule has 0 saturated heterocycles. The molecule has 3 atom stereocenters. The van der Waals surface area contributed by atoms with Gasteiger partial charge in [0.2, 0.25) is 11.8 Å². The lowest BCUT2D eigenvalue weighted by molar-refractivity contribution is -0.152. The lowest BCUT2D eigenvalue weighted by atomic mass is 9.97. The molecule has 10 nitrogen and oxygen atoms in total. The van der Waals surface area contributed by atoms with E-state index in [9.17, 15) is 24.3 Å². The minimum absolute atomic E-state index is 0.0367. The molecule has 0 radical (unpaired) electrons. The van der Waals surface area contributed by atoms with Gasteiger partial charge in [-0.3, -0.25) is 9.59 Å². The van der Waals surface area contributed by atoms with Crippen molar-refractivity contribution in [3.05, 3.63) is 144 Å². The van der Waals surface area contributed by atoms with Crippen LogP contribution in [-0.4, -0.2) is 66.2 Å². The molecule has 10 heteroatoms. The van der Waals surface area contributed by atoms with Crippen LogP contribution in [0.4, 0.5) is 4.79 Å². The summed E-state index contributed by atoms with van der Waals surface area (Å²) >= 11 is 0. The molecule has 2 aliphatic rings. The summed E-state index contributed by atoms with van der Waals surface area (Å²) in [5.41, 5.74) is 5.94. The Labute approximate surface area is 303 Å². The van der Waals surface area contributed by atoms with E-state index in [1.807, 2.05) is 72.8 Å². The first-order valence-electron chi connectivity index (χ1n) is 17.6. The summed E-state index contributed by atoms with van der Waals surface area (Å²) in [7, 11) is 0. The number of rotatable bonds is 10. The number of hydrogen-bond acceptors (Lipinski definition) is 7. The molecule has 6 rings (SSSR count). The lowest BCUT2D eigenvalue weighted by Crippen LogP contribution is -2.44. The van der Waals surface area contributed by atoms with Gasteiger partial charge in [-0.15, -0.1) is 0 Å². The van der Waals surface area contributed by atoms with E-state index in [0.29, 0.717) is 12.1 Å². The smallest absolute Gasteiger partial charge is 0.407 e. The number of cyclic esters (lactones) is 1. The quantitative estimate of drug-likeness (QED) is 0.143. The Bertz CT molecular complexity index is 1840. The van der Waals surface area contributed by atoms with Crippen LogP contribution in [0.3, 0.4) is 0 Å². The molecule has 4 aromatic rings. The molecule has 0 fully saturated rings. The molecule has 52 heavy (non-hydrogen) atoms. The highest BCUT2D eigenvalue weighted by molar-refractivity contribution is 5.86. The number of fused-ring (bicyclic) bond motifs is 3. The molecule has 0 spiro atoms. The molecule has 268 valence electrons. The molecule has 0 aromatic heterocycles. The average Bonchev–Trinajstić information content (AvgIpc) is 3.49. The number of allylic oxidation sites excluding steroid dienone is 1. The number of esters is 1. The van der Waals surface area contributed by atoms with Crippen molar-refractivity contribution >= 4 is 23.9 Å². The van der Waals surface area contributed by atoms with E-state index >= 15 is 0 Å². The number of hydrogen-bond donors (Lipinski definition) is 3. The van der Waals surface area contributed by atoms with Gasteiger partial charge >= 0.3 is 12.1 Å². The number of alkyl carbamates (subject to hydrolysis) is 1. The summed E-state index contributed by atoms with van der Waals surface area (Å²) in [5.74, 6) is -2.16. The Balaban J connectivity index is 1.16. The van der Waals surface area contributed by atoms with Crippen LogP contribution < -0.4 is 10.6 Å². The Morgan fingerprint density at radius 1 is 0.827 bits per heavy atom. The van der Waals surface area contributed by atoms with Gasteiger partial charge in [-0.2, -0.15) is 0 Å². The van der Waals surface area contributed by atoms with Gasteiger partial charge in [-0.05, 0) is 46.2 Å². The van der Waals surface area contributed by atoms with Crippen LogP contribution in [-0.2, 0) is 30.4 Å². The third-order valence-corrected chi connectivity index (χ3v) is 9.50. The van der Waals surface area contributed by atoms with Gasteiger partial charge in [0.05, 0.1) is 19.1 Å². The minimum Gasteiger partial charge on any atom is -0.454 e. The second-order valence-electron chi connectivity index (χ2n) is 13.0. The molecular formula is C42H43N3O7. The molecule has 1 heterocycles. The third kappa shape index (κ3) is 8.94. The highest BCUT2D eigenvalue weighted by Crippen LogP contribution is 2.44. The van der Waals surface area contributed by atoms with Crippen molar-refractivity contribution in [3.63, 3.8) is 0 Å². The SMILES string of the molecule is O=C(N[C@@H]1C/C=C\C[C@H](CC(=O)N(CCO)Cc2ccccc2)C(=O)NC[C@@H](c2ccccc2)OC1=O)OCC1c2ccccc2-c2ccccc21. The zero-order valence-corrected chi connectivity index (χ0v) is 28.9. The molecular weight excluding hydrogens is 658 g/mol. The zero-order chi connectivity index (χ0) is 36.3. The van der Waals surface area contributed by atoms with Gasteiger partial charge in [0, 0.05) is 25.4 Å². The first-order chi connectivity index (χ1) is 25.4. The molecule has 3 N–H and O–H groups in total. The zero-order valence-electron chi connectivity index (χ0n) is 28.9. The number of nitrogens with zero attached hydrogens (tertiary/aromatic N) is 1. The Morgan fingerprint density at radius 2 is 1.44 bits per heavy atom. The molecule has 1 aliphatic heterocycles. The summed E-state index contributed by atoms with van der Waals surface area (Å²) in [5, 5.41) is 15.3. The van der Waals surface area contributed by atoms with Crippen LogP contribution in [0, 0.1) is 5.92 Å². The number of aliphatic hydroxyl groups excluding tert-OH is 1. The van der Waals surface area contributed by atoms with Crippen LogP contribution in [0.15, 0.2) is 121 Å². The Hall–Kier alpha value is -5.74. The fraction of sp³-hybridized carbons (Fsp3) is 0.286. The monoisotopic (exact) mass is 701 g/mol. The van der Waals surface area contributed by atoms with Crippen molar-refractivity contribution in [1.82, 2.24) is 15.5 Å². The number of ether oxygens (including phenoxy) is 2. The summed E-state index contributed by atoms with van der Waals surface area (Å²) in [6.45, 7) is 0.277. The highest BCUT2D eigenvalue weighted by Gasteiger charge is 2.32. The number of benzene rings is 4. The number of aliphatic hydroxyl groups is 1. The van der Waals surface area contributed by atoms with Crippen LogP contribution in [0.25, 0.3) is 11.1 Å². The number of nitrogens with one attached hydrogen (secondary N) is 2. The first-order valence-corrected chi connectivity index (χ1v) is 17.6. The molecule has 0 bridgehead atoms. The maximum atomic E-state index is 13.6. The summed E-state index contributed by atoms with van der Waals surface area (Å²) in [6.07, 6.45) is 2.06. The summed E-state index contributed by atoms with van der Waals surface area (Å²) in [4.78, 5) is 55.4. The van der Waals surface area contributed by atoms with Crippen LogP contribution in [0.2, 0.25) is 0 Å². The Morgan fingerprint density at radius 3 is 2.12 bits per heavy atom. The molecule has 3 amide bonds. The van der Waals surface area contributed by atoms with Crippen LogP contribution in [0.5, 0.6) is 0 Å². The van der Waals surface area contributed by atoms with Crippen LogP contribution >= 0.6 is 0 Å². The topological polar surface area (TPSA) is 134 Å². The van der Waals surface area contributed by atoms with Gasteiger partial charge in [-0.1, -0.05) is 121 Å². The predicted octanol–water partition coefficient (Wildman–Crippen LogP) is 5.67. The fourth-order valence-electron chi connectivity index (χ4n) is 6.78. The number of amides is 3. The van der Waals surface area contributed by atoms with Crippen molar-refractivity contribution in [3.8, 4) is 11.1 Å². The maximum Gasteiger partial charge on any atom is 0.407 e. The first kappa shape index (κ1) is 36.1. The molecule has 0 saturated carbocycles. The second-order valence-corrected chi connectivity index (χ2v) is 13.0. The van der Waals surface area contributed by atoms with Gasteiger partial charge < -0.3 is 30.1 Å². The number of carbonyl (C=O) groups is 4. The van der Waals surface area contributed by atoms with Gasteiger partial charge in [-0.25, -0.2) is 9.59 Å². The van der Waals surface area contributed by atoms with Crippen molar-refractivity contribution < 1.29 is 33.8 Å². The molecule has 0 unspecified atom stereocenters. The van der Waals surface area contributed by atoms with Crippen LogP contribution in [0.1, 0.15) is 53.5 Å². The molecule has 1 aliphatic carbocycles. The van der Waals surface area contributed by atoms with E-state index in [1.165, 1.54) is 0 Å². The van der Waals surface area contributed by atoms with Crippen molar-refractivity contribution in [2.75, 3.05) is 26.3 Å². The van der Waals surface area contributed by atoms with E-state index in [1.54, 1.807) is 41.3 Å². The van der Waals surface area contributed by atoms with Crippen molar-refractivity contribution in [2.24, 2.45) is 5.92 Å². The predicted molar refractivity (Wildman–Crippen MR) is 196 cm³/mol. The summed E-state index contributed by atoms with van der Waals surface area (Å²) < 4.78 is 11.7. The van der Waals surface area contributed by atoms with Crippen molar-refractivity contribution in [1.29, 1.82) is 0 Å². The normalized spacial score (nSPS) is 19.4. The lowest BCUT2D eigenvalue weighted by Gasteiger charge is -2.26. The highest BCUT2D eigenvalue weighted by atomic mass is 16.6. The van der Waals surface area contributed by atoms with Gasteiger partial charge in [0.15, 0.2) is 0 Å². The van der Waals surface area contributed by atoms with E-state index < -0.39 is 30.1 Å². The standard InChI is InChI=1S/C42H43N3O7/c46-24-23-45(27-29-13-3-1-4-14-29)39(47)25-31-17-7-12-22-37(41(49)52-38(26-43-40(31)48)30-15-5-2-6-16-30)44-42(50)51-28-36-34-20-10-8-18-32(34)33-19-9-11-21-35(33)36/h1-16,18-21,31,36-38,46H,17,22-28H2,(H,43,48)(H,44,50)/b12-7-/t31-,37-,38+/m1/s1. The van der Waals surface area contributed by atoms with Gasteiger partial charge in [0.1, 0.15) is 18.8 Å². The summed E-state index contributed by atoms with van der Waals surface area (Å²) in [6, 6.07) is 33.5. The van der Waals surface area contributed by atoms with E-state index in [2.05, 4.69) is 22.8 Å². The van der Waals surface area contributed by atoms with Gasteiger partial charge in [0.25, 0.3) is 0 Å². The van der Waals surface area contributed by atoms with E-state index in [4.69, 9.17) is 9.47 Å².